The van der Waals surface area contributed by atoms with E-state index in [9.17, 15) is 9.59 Å². The zero-order valence-electron chi connectivity index (χ0n) is 21.2. The maximum atomic E-state index is 13.6. The van der Waals surface area contributed by atoms with E-state index in [0.29, 0.717) is 45.5 Å². The molecule has 2 heterocycles. The smallest absolute Gasteiger partial charge is 0.261 e. The Kier molecular flexibility index (Phi) is 6.82. The maximum Gasteiger partial charge on any atom is 0.261 e. The minimum Gasteiger partial charge on any atom is -0.493 e. The Hall–Kier alpha value is -5.05. The van der Waals surface area contributed by atoms with Crippen molar-refractivity contribution in [3.63, 3.8) is 0 Å². The highest BCUT2D eigenvalue weighted by Gasteiger charge is 2.35. The first-order valence-corrected chi connectivity index (χ1v) is 12.0. The molecule has 3 aromatic carbocycles. The summed E-state index contributed by atoms with van der Waals surface area (Å²) in [4.78, 5) is 26.8. The topological polar surface area (TPSA) is 107 Å². The number of benzene rings is 3. The molecule has 192 valence electrons. The number of allylic oxidation sites excluding steroid dienone is 1. The molecule has 1 aliphatic rings. The number of anilines is 3. The Morgan fingerprint density at radius 2 is 1.45 bits per heavy atom. The molecular weight excluding hydrogens is 482 g/mol. The molecule has 1 aromatic heterocycles. The molecule has 0 radical (unpaired) electrons. The fourth-order valence-corrected chi connectivity index (χ4v) is 4.49. The van der Waals surface area contributed by atoms with E-state index in [1.165, 1.54) is 6.20 Å². The van der Waals surface area contributed by atoms with Gasteiger partial charge in [-0.2, -0.15) is 5.10 Å². The molecule has 1 aliphatic heterocycles. The first kappa shape index (κ1) is 24.6. The largest absolute Gasteiger partial charge is 0.493 e. The van der Waals surface area contributed by atoms with Gasteiger partial charge in [-0.1, -0.05) is 42.5 Å². The lowest BCUT2D eigenvalue weighted by molar-refractivity contribution is -0.113. The van der Waals surface area contributed by atoms with Crippen molar-refractivity contribution in [3.05, 3.63) is 107 Å². The number of aromatic nitrogens is 2. The molecule has 1 atom stereocenters. The average Bonchev–Trinajstić information content (AvgIpc) is 3.36. The number of amides is 2. The average molecular weight is 510 g/mol. The number of rotatable bonds is 7. The van der Waals surface area contributed by atoms with Gasteiger partial charge in [-0.3, -0.25) is 9.59 Å². The number of ether oxygens (including phenoxy) is 2. The van der Waals surface area contributed by atoms with Crippen LogP contribution in [0.1, 0.15) is 28.9 Å². The number of hydrogen-bond acceptors (Lipinski definition) is 6. The number of para-hydroxylation sites is 2. The van der Waals surface area contributed by atoms with Crippen LogP contribution >= 0.6 is 0 Å². The summed E-state index contributed by atoms with van der Waals surface area (Å²) < 4.78 is 12.6. The summed E-state index contributed by atoms with van der Waals surface area (Å²) in [5.74, 6) is 0.940. The first-order chi connectivity index (χ1) is 18.5. The molecule has 4 aromatic rings. The molecule has 0 saturated heterocycles. The number of carbonyl (C=O) groups excluding carboxylic acids is 2. The molecule has 38 heavy (non-hydrogen) atoms. The molecule has 0 aliphatic carbocycles. The van der Waals surface area contributed by atoms with Crippen LogP contribution in [0, 0.1) is 0 Å². The third kappa shape index (κ3) is 4.69. The van der Waals surface area contributed by atoms with Gasteiger partial charge in [0.25, 0.3) is 11.8 Å². The fourth-order valence-electron chi connectivity index (χ4n) is 4.49. The Labute approximate surface area is 220 Å². The van der Waals surface area contributed by atoms with Crippen LogP contribution in [-0.4, -0.2) is 35.8 Å². The summed E-state index contributed by atoms with van der Waals surface area (Å²) in [5, 5.41) is 13.7. The molecule has 9 heteroatoms. The second-order valence-electron chi connectivity index (χ2n) is 8.67. The Bertz CT molecular complexity index is 1510. The molecule has 0 spiro atoms. The zero-order chi connectivity index (χ0) is 26.6. The van der Waals surface area contributed by atoms with E-state index >= 15 is 0 Å². The lowest BCUT2D eigenvalue weighted by Crippen LogP contribution is -2.32. The van der Waals surface area contributed by atoms with Crippen molar-refractivity contribution in [1.29, 1.82) is 0 Å². The predicted molar refractivity (Wildman–Crippen MR) is 146 cm³/mol. The van der Waals surface area contributed by atoms with E-state index in [4.69, 9.17) is 9.47 Å². The molecule has 3 N–H and O–H groups in total. The number of fused-ring (bicyclic) bond motifs is 1. The van der Waals surface area contributed by atoms with Gasteiger partial charge in [-0.05, 0) is 48.9 Å². The standard InChI is InChI=1S/C29H27N5O4/c1-18-25(29(36)33-21-12-8-5-9-13-21)26(19-14-15-23(37-2)24(16-19)38-3)34-27(31-18)22(17-30-34)28(35)32-20-10-6-4-7-11-20/h4-17,26,31H,1-3H3,(H,32,35)(H,33,36). The van der Waals surface area contributed by atoms with Crippen LogP contribution in [0.4, 0.5) is 17.2 Å². The number of methoxy groups -OCH3 is 2. The molecule has 0 fully saturated rings. The number of nitrogens with zero attached hydrogens (tertiary/aromatic N) is 2. The van der Waals surface area contributed by atoms with Crippen molar-refractivity contribution in [3.8, 4) is 11.5 Å². The summed E-state index contributed by atoms with van der Waals surface area (Å²) in [7, 11) is 3.12. The van der Waals surface area contributed by atoms with Crippen LogP contribution in [0.3, 0.4) is 0 Å². The van der Waals surface area contributed by atoms with Crippen molar-refractivity contribution in [1.82, 2.24) is 9.78 Å². The van der Waals surface area contributed by atoms with Crippen LogP contribution in [0.5, 0.6) is 11.5 Å². The fraction of sp³-hybridized carbons (Fsp3) is 0.138. The quantitative estimate of drug-likeness (QED) is 0.321. The second kappa shape index (κ2) is 10.5. The van der Waals surface area contributed by atoms with Crippen molar-refractivity contribution in [2.45, 2.75) is 13.0 Å². The highest BCUT2D eigenvalue weighted by atomic mass is 16.5. The van der Waals surface area contributed by atoms with Crippen LogP contribution in [0.15, 0.2) is 96.3 Å². The predicted octanol–water partition coefficient (Wildman–Crippen LogP) is 5.08. The first-order valence-electron chi connectivity index (χ1n) is 12.0. The van der Waals surface area contributed by atoms with E-state index in [1.807, 2.05) is 79.7 Å². The Morgan fingerprint density at radius 1 is 0.842 bits per heavy atom. The highest BCUT2D eigenvalue weighted by Crippen LogP contribution is 2.40. The summed E-state index contributed by atoms with van der Waals surface area (Å²) in [6, 6.07) is 23.2. The normalized spacial score (nSPS) is 14.2. The summed E-state index contributed by atoms with van der Waals surface area (Å²) in [6.07, 6.45) is 1.50. The van der Waals surface area contributed by atoms with Crippen molar-refractivity contribution in [2.75, 3.05) is 30.2 Å². The van der Waals surface area contributed by atoms with Crippen LogP contribution < -0.4 is 25.4 Å². The van der Waals surface area contributed by atoms with Gasteiger partial charge in [0.2, 0.25) is 0 Å². The Balaban J connectivity index is 1.58. The lowest BCUT2D eigenvalue weighted by atomic mass is 9.94. The van der Waals surface area contributed by atoms with Crippen molar-refractivity contribution in [2.24, 2.45) is 0 Å². The number of hydrogen-bond donors (Lipinski definition) is 3. The molecule has 5 rings (SSSR count). The lowest BCUT2D eigenvalue weighted by Gasteiger charge is -2.30. The van der Waals surface area contributed by atoms with Gasteiger partial charge in [-0.15, -0.1) is 0 Å². The Morgan fingerprint density at radius 3 is 2.05 bits per heavy atom. The highest BCUT2D eigenvalue weighted by molar-refractivity contribution is 6.09. The van der Waals surface area contributed by atoms with Gasteiger partial charge in [0, 0.05) is 17.1 Å². The third-order valence-electron chi connectivity index (χ3n) is 6.30. The molecule has 2 amide bonds. The monoisotopic (exact) mass is 509 g/mol. The van der Waals surface area contributed by atoms with Gasteiger partial charge in [0.05, 0.1) is 26.0 Å². The SMILES string of the molecule is COc1ccc(C2C(C(=O)Nc3ccccc3)=C(C)Nc3c(C(=O)Nc4ccccc4)cnn32)cc1OC. The number of carbonyl (C=O) groups is 2. The van der Waals surface area contributed by atoms with Gasteiger partial charge in [-0.25, -0.2) is 4.68 Å². The third-order valence-corrected chi connectivity index (χ3v) is 6.30. The van der Waals surface area contributed by atoms with E-state index in [1.54, 1.807) is 25.0 Å². The van der Waals surface area contributed by atoms with E-state index < -0.39 is 6.04 Å². The van der Waals surface area contributed by atoms with E-state index in [-0.39, 0.29) is 11.8 Å². The minimum absolute atomic E-state index is 0.294. The molecular formula is C29H27N5O4. The molecule has 0 bridgehead atoms. The van der Waals surface area contributed by atoms with Crippen LogP contribution in [0.2, 0.25) is 0 Å². The second-order valence-corrected chi connectivity index (χ2v) is 8.67. The van der Waals surface area contributed by atoms with Crippen LogP contribution in [-0.2, 0) is 4.79 Å². The summed E-state index contributed by atoms with van der Waals surface area (Å²) in [5.41, 5.74) is 3.46. The van der Waals surface area contributed by atoms with Crippen molar-refractivity contribution >= 4 is 29.0 Å². The molecule has 0 saturated carbocycles. The van der Waals surface area contributed by atoms with Gasteiger partial charge in [0.1, 0.15) is 17.4 Å². The minimum atomic E-state index is -0.645. The summed E-state index contributed by atoms with van der Waals surface area (Å²) >= 11 is 0. The van der Waals surface area contributed by atoms with Crippen molar-refractivity contribution < 1.29 is 19.1 Å². The van der Waals surface area contributed by atoms with Gasteiger partial charge >= 0.3 is 0 Å². The molecule has 1 unspecified atom stereocenters. The van der Waals surface area contributed by atoms with Crippen LogP contribution in [0.25, 0.3) is 0 Å². The number of nitrogens with one attached hydrogen (secondary N) is 3. The van der Waals surface area contributed by atoms with E-state index in [2.05, 4.69) is 21.0 Å². The van der Waals surface area contributed by atoms with Gasteiger partial charge in [0.15, 0.2) is 11.5 Å². The maximum absolute atomic E-state index is 13.6. The zero-order valence-corrected chi connectivity index (χ0v) is 21.2. The molecule has 9 nitrogen and oxygen atoms in total. The van der Waals surface area contributed by atoms with E-state index in [0.717, 1.165) is 5.56 Å². The van der Waals surface area contributed by atoms with Gasteiger partial charge < -0.3 is 25.4 Å². The summed E-state index contributed by atoms with van der Waals surface area (Å²) in [6.45, 7) is 1.81.